The van der Waals surface area contributed by atoms with E-state index in [0.717, 1.165) is 38.5 Å². The maximum Gasteiger partial charge on any atom is 0.306 e. The zero-order valence-corrected chi connectivity index (χ0v) is 42.3. The third kappa shape index (κ3) is 44.8. The SMILES string of the molecule is CCCCCCCC/C=C/CCCCCCCCCC(=O)OC(COCCC(C(=O)[O-])[N+](C)(C)C)COC(=O)CCCCCCCCC/C=C/CCCCCCCCCCCCC. The third-order valence-corrected chi connectivity index (χ3v) is 12.3. The topological polar surface area (TPSA) is 102 Å². The molecule has 2 unspecified atom stereocenters. The molecule has 0 radical (unpaired) electrons. The van der Waals surface area contributed by atoms with E-state index < -0.39 is 18.1 Å². The first-order valence-electron chi connectivity index (χ1n) is 26.9. The van der Waals surface area contributed by atoms with E-state index in [0.29, 0.717) is 12.8 Å². The number of carboxylic acids is 1. The second-order valence-corrected chi connectivity index (χ2v) is 19.5. The van der Waals surface area contributed by atoms with Gasteiger partial charge in [0.15, 0.2) is 6.10 Å². The molecule has 63 heavy (non-hydrogen) atoms. The first-order valence-corrected chi connectivity index (χ1v) is 26.9. The fourth-order valence-corrected chi connectivity index (χ4v) is 8.12. The Labute approximate surface area is 390 Å². The van der Waals surface area contributed by atoms with Gasteiger partial charge in [-0.3, -0.25) is 9.59 Å². The lowest BCUT2D eigenvalue weighted by Crippen LogP contribution is -2.55. The molecule has 0 bridgehead atoms. The largest absolute Gasteiger partial charge is 0.544 e. The minimum atomic E-state index is -1.12. The van der Waals surface area contributed by atoms with Crippen molar-refractivity contribution in [1.82, 2.24) is 0 Å². The van der Waals surface area contributed by atoms with Crippen LogP contribution in [-0.2, 0) is 28.6 Å². The van der Waals surface area contributed by atoms with Crippen molar-refractivity contribution in [2.24, 2.45) is 0 Å². The standard InChI is InChI=1S/C55H103NO7/c1-6-8-10-12-14-16-18-20-22-24-25-26-27-28-30-31-33-35-37-39-41-43-45-53(57)62-50-51(49-61-48-47-52(55(59)60)56(3,4)5)63-54(58)46-44-42-40-38-36-34-32-29-23-21-19-17-15-13-11-9-7-2/h21,23,27-28,51-52H,6-20,22,24-26,29-50H2,1-5H3/b23-21+,28-27+. The highest BCUT2D eigenvalue weighted by atomic mass is 16.6. The molecular formula is C55H103NO7. The van der Waals surface area contributed by atoms with Gasteiger partial charge in [0.2, 0.25) is 0 Å². The third-order valence-electron chi connectivity index (χ3n) is 12.3. The van der Waals surface area contributed by atoms with Crippen molar-refractivity contribution in [3.63, 3.8) is 0 Å². The number of quaternary nitrogens is 1. The van der Waals surface area contributed by atoms with Gasteiger partial charge in [0, 0.05) is 19.3 Å². The summed E-state index contributed by atoms with van der Waals surface area (Å²) in [7, 11) is 5.42. The number of rotatable bonds is 49. The normalized spacial score (nSPS) is 13.0. The number of ether oxygens (including phenoxy) is 3. The summed E-state index contributed by atoms with van der Waals surface area (Å²) in [5.41, 5.74) is 0. The van der Waals surface area contributed by atoms with Gasteiger partial charge in [-0.2, -0.15) is 0 Å². The molecule has 0 amide bonds. The van der Waals surface area contributed by atoms with E-state index in [-0.39, 0.29) is 42.7 Å². The zero-order valence-electron chi connectivity index (χ0n) is 42.3. The molecule has 0 saturated carbocycles. The van der Waals surface area contributed by atoms with Gasteiger partial charge in [-0.25, -0.2) is 0 Å². The predicted octanol–water partition coefficient (Wildman–Crippen LogP) is 14.3. The van der Waals surface area contributed by atoms with E-state index in [9.17, 15) is 19.5 Å². The second kappa shape index (κ2) is 46.3. The van der Waals surface area contributed by atoms with Crippen LogP contribution in [0.5, 0.6) is 0 Å². The number of nitrogens with zero attached hydrogens (tertiary/aromatic N) is 1. The molecule has 0 spiro atoms. The van der Waals surface area contributed by atoms with E-state index >= 15 is 0 Å². The average molecular weight is 890 g/mol. The number of carbonyl (C=O) groups excluding carboxylic acids is 3. The van der Waals surface area contributed by atoms with Crippen molar-refractivity contribution in [3.05, 3.63) is 24.3 Å². The van der Waals surface area contributed by atoms with Crippen molar-refractivity contribution < 1.29 is 38.2 Å². The zero-order chi connectivity index (χ0) is 46.3. The number of carboxylic acid groups (broad SMARTS) is 1. The molecule has 8 nitrogen and oxygen atoms in total. The minimum Gasteiger partial charge on any atom is -0.544 e. The van der Waals surface area contributed by atoms with Gasteiger partial charge in [0.05, 0.1) is 40.3 Å². The molecule has 0 aliphatic rings. The number of aliphatic carboxylic acids is 1. The average Bonchev–Trinajstić information content (AvgIpc) is 3.24. The number of hydrogen-bond donors (Lipinski definition) is 0. The Morgan fingerprint density at radius 3 is 1.14 bits per heavy atom. The van der Waals surface area contributed by atoms with Crippen LogP contribution in [0.15, 0.2) is 24.3 Å². The lowest BCUT2D eigenvalue weighted by Gasteiger charge is -2.34. The Balaban J connectivity index is 4.19. The molecule has 0 rings (SSSR count). The van der Waals surface area contributed by atoms with Crippen LogP contribution in [0.4, 0.5) is 0 Å². The molecule has 0 saturated heterocycles. The molecule has 0 aromatic rings. The van der Waals surface area contributed by atoms with E-state index in [1.165, 1.54) is 186 Å². The molecule has 0 N–H and O–H groups in total. The molecule has 0 aliphatic carbocycles. The lowest BCUT2D eigenvalue weighted by molar-refractivity contribution is -0.889. The first-order chi connectivity index (χ1) is 30.6. The number of allylic oxidation sites excluding steroid dienone is 4. The minimum absolute atomic E-state index is 0.0410. The summed E-state index contributed by atoms with van der Waals surface area (Å²) in [6, 6.07) is -0.726. The van der Waals surface area contributed by atoms with Crippen LogP contribution in [0.2, 0.25) is 0 Å². The Morgan fingerprint density at radius 2 is 0.794 bits per heavy atom. The van der Waals surface area contributed by atoms with Crippen LogP contribution in [0.1, 0.15) is 258 Å². The highest BCUT2D eigenvalue weighted by Crippen LogP contribution is 2.16. The fourth-order valence-electron chi connectivity index (χ4n) is 8.12. The van der Waals surface area contributed by atoms with Gasteiger partial charge in [-0.05, 0) is 64.2 Å². The summed E-state index contributed by atoms with van der Waals surface area (Å²) in [6.07, 6.45) is 53.5. The quantitative estimate of drug-likeness (QED) is 0.0259. The van der Waals surface area contributed by atoms with Gasteiger partial charge in [-0.1, -0.05) is 199 Å². The molecule has 0 fully saturated rings. The summed E-state index contributed by atoms with van der Waals surface area (Å²) in [6.45, 7) is 4.69. The van der Waals surface area contributed by atoms with Gasteiger partial charge in [0.1, 0.15) is 12.6 Å². The highest BCUT2D eigenvalue weighted by Gasteiger charge is 2.25. The van der Waals surface area contributed by atoms with Crippen LogP contribution in [0.25, 0.3) is 0 Å². The number of likely N-dealkylation sites (N-methyl/N-ethyl adjacent to an activating group) is 1. The van der Waals surface area contributed by atoms with E-state index in [1.807, 2.05) is 21.1 Å². The molecule has 0 heterocycles. The predicted molar refractivity (Wildman–Crippen MR) is 264 cm³/mol. The monoisotopic (exact) mass is 890 g/mol. The summed E-state index contributed by atoms with van der Waals surface area (Å²) < 4.78 is 17.3. The van der Waals surface area contributed by atoms with Gasteiger partial charge >= 0.3 is 11.9 Å². The number of unbranched alkanes of at least 4 members (excludes halogenated alkanes) is 31. The van der Waals surface area contributed by atoms with Crippen LogP contribution >= 0.6 is 0 Å². The second-order valence-electron chi connectivity index (χ2n) is 19.5. The van der Waals surface area contributed by atoms with Crippen LogP contribution in [-0.4, -0.2) is 75.5 Å². The van der Waals surface area contributed by atoms with Gasteiger partial charge in [0.25, 0.3) is 0 Å². The summed E-state index contributed by atoms with van der Waals surface area (Å²) in [5.74, 6) is -1.73. The smallest absolute Gasteiger partial charge is 0.306 e. The van der Waals surface area contributed by atoms with E-state index in [2.05, 4.69) is 38.2 Å². The number of hydrogen-bond acceptors (Lipinski definition) is 7. The number of carbonyl (C=O) groups is 3. The Hall–Kier alpha value is -2.19. The maximum atomic E-state index is 12.8. The fraction of sp³-hybridized carbons (Fsp3) is 0.873. The van der Waals surface area contributed by atoms with Crippen molar-refractivity contribution in [2.75, 3.05) is 41.0 Å². The summed E-state index contributed by atoms with van der Waals surface area (Å²) >= 11 is 0. The molecule has 8 heteroatoms. The van der Waals surface area contributed by atoms with Crippen LogP contribution in [0, 0.1) is 0 Å². The van der Waals surface area contributed by atoms with Crippen molar-refractivity contribution >= 4 is 17.9 Å². The van der Waals surface area contributed by atoms with Crippen LogP contribution < -0.4 is 5.11 Å². The Kier molecular flexibility index (Phi) is 44.7. The highest BCUT2D eigenvalue weighted by molar-refractivity contribution is 5.70. The van der Waals surface area contributed by atoms with E-state index in [4.69, 9.17) is 14.2 Å². The van der Waals surface area contributed by atoms with Crippen LogP contribution in [0.3, 0.4) is 0 Å². The lowest BCUT2D eigenvalue weighted by atomic mass is 10.0. The van der Waals surface area contributed by atoms with Crippen molar-refractivity contribution in [1.29, 1.82) is 0 Å². The molecule has 0 aromatic heterocycles. The van der Waals surface area contributed by atoms with Gasteiger partial charge < -0.3 is 28.6 Å². The maximum absolute atomic E-state index is 12.8. The molecule has 0 aromatic carbocycles. The summed E-state index contributed by atoms with van der Waals surface area (Å²) in [5, 5.41) is 11.7. The summed E-state index contributed by atoms with van der Waals surface area (Å²) in [4.78, 5) is 37.1. The number of esters is 2. The Morgan fingerprint density at radius 1 is 0.460 bits per heavy atom. The molecule has 370 valence electrons. The molecular weight excluding hydrogens is 787 g/mol. The first kappa shape index (κ1) is 60.8. The van der Waals surface area contributed by atoms with Crippen molar-refractivity contribution in [3.8, 4) is 0 Å². The van der Waals surface area contributed by atoms with Crippen molar-refractivity contribution in [2.45, 2.75) is 270 Å². The molecule has 2 atom stereocenters. The molecule has 0 aliphatic heterocycles. The van der Waals surface area contributed by atoms with Gasteiger partial charge in [-0.15, -0.1) is 0 Å². The Bertz CT molecular complexity index is 1080. The van der Waals surface area contributed by atoms with E-state index in [1.54, 1.807) is 0 Å².